The lowest BCUT2D eigenvalue weighted by Crippen LogP contribution is -2.25. The van der Waals surface area contributed by atoms with Crippen LogP contribution in [0.15, 0.2) is 206 Å². The molecule has 8 aromatic carbocycles. The number of rotatable bonds is 7. The normalized spacial score (nSPS) is 11.7. The van der Waals surface area contributed by atoms with Crippen LogP contribution in [0.5, 0.6) is 0 Å². The Morgan fingerprint density at radius 3 is 1.56 bits per heavy atom. The molecule has 0 fully saturated rings. The van der Waals surface area contributed by atoms with Crippen molar-refractivity contribution in [3.63, 3.8) is 0 Å². The van der Waals surface area contributed by atoms with Gasteiger partial charge in [0.25, 0.3) is 0 Å². The highest BCUT2D eigenvalue weighted by Crippen LogP contribution is 2.45. The zero-order chi connectivity index (χ0) is 36.8. The second-order valence-corrected chi connectivity index (χ2v) is 17.7. The summed E-state index contributed by atoms with van der Waals surface area (Å²) >= 11 is 1.80. The number of thiophene rings is 1. The molecular weight excluding hydrogens is 706 g/mol. The summed E-state index contributed by atoms with van der Waals surface area (Å²) in [5, 5.41) is 6.10. The second kappa shape index (κ2) is 13.8. The first-order valence-electron chi connectivity index (χ1n) is 18.5. The van der Waals surface area contributed by atoms with Gasteiger partial charge in [-0.2, -0.15) is 0 Å². The van der Waals surface area contributed by atoms with Crippen LogP contribution in [0.25, 0.3) is 75.7 Å². The average Bonchev–Trinajstić information content (AvgIpc) is 3.67. The van der Waals surface area contributed by atoms with E-state index in [9.17, 15) is 0 Å². The Labute approximate surface area is 324 Å². The predicted molar refractivity (Wildman–Crippen MR) is 236 cm³/mol. The Hall–Kier alpha value is -6.38. The van der Waals surface area contributed by atoms with Gasteiger partial charge in [-0.05, 0) is 63.7 Å². The summed E-state index contributed by atoms with van der Waals surface area (Å²) in [5.41, 5.74) is 9.73. The number of fused-ring (bicyclic) bond motifs is 5. The predicted octanol–water partition coefficient (Wildman–Crippen LogP) is 12.9. The van der Waals surface area contributed by atoms with Crippen LogP contribution in [0.1, 0.15) is 0 Å². The molecule has 0 saturated carbocycles. The summed E-state index contributed by atoms with van der Waals surface area (Å²) in [6, 6.07) is 71.3. The number of pyridine rings is 1. The average molecular weight is 740 g/mol. The van der Waals surface area contributed by atoms with Crippen molar-refractivity contribution in [3.05, 3.63) is 206 Å². The summed E-state index contributed by atoms with van der Waals surface area (Å²) in [5.74, 6) is 0. The maximum absolute atomic E-state index is 15.3. The van der Waals surface area contributed by atoms with Crippen LogP contribution < -0.4 is 15.9 Å². The third-order valence-electron chi connectivity index (χ3n) is 10.5. The Bertz CT molecular complexity index is 3020. The van der Waals surface area contributed by atoms with E-state index in [1.165, 1.54) is 31.3 Å². The van der Waals surface area contributed by atoms with Crippen molar-refractivity contribution < 1.29 is 4.57 Å². The zero-order valence-corrected chi connectivity index (χ0v) is 31.6. The molecule has 0 bridgehead atoms. The monoisotopic (exact) mass is 739 g/mol. The fourth-order valence-electron chi connectivity index (χ4n) is 7.82. The van der Waals surface area contributed by atoms with Crippen molar-refractivity contribution in [2.75, 3.05) is 0 Å². The summed E-state index contributed by atoms with van der Waals surface area (Å²) in [7, 11) is -3.13. The summed E-state index contributed by atoms with van der Waals surface area (Å²) < 4.78 is 17.7. The van der Waals surface area contributed by atoms with Gasteiger partial charge >= 0.3 is 0 Å². The molecule has 0 amide bonds. The third kappa shape index (κ3) is 5.90. The molecule has 0 aliphatic heterocycles. The van der Waals surface area contributed by atoms with Crippen molar-refractivity contribution in [2.24, 2.45) is 0 Å². The molecule has 2 aromatic heterocycles. The van der Waals surface area contributed by atoms with Gasteiger partial charge in [-0.15, -0.1) is 11.3 Å². The number of benzene rings is 8. The molecule has 10 rings (SSSR count). The van der Waals surface area contributed by atoms with E-state index in [-0.39, 0.29) is 0 Å². The number of hydrogen-bond donors (Lipinski definition) is 0. The van der Waals surface area contributed by atoms with E-state index >= 15 is 4.57 Å². The fourth-order valence-corrected chi connectivity index (χ4v) is 11.7. The van der Waals surface area contributed by atoms with Crippen LogP contribution in [0, 0.1) is 0 Å². The lowest BCUT2D eigenvalue weighted by atomic mass is 9.96. The van der Waals surface area contributed by atoms with Gasteiger partial charge in [0, 0.05) is 42.3 Å². The molecular formula is C51H34NOPS. The summed E-state index contributed by atoms with van der Waals surface area (Å²) in [4.78, 5) is 5.47. The topological polar surface area (TPSA) is 30.0 Å². The molecule has 0 unspecified atom stereocenters. The quantitative estimate of drug-likeness (QED) is 0.152. The van der Waals surface area contributed by atoms with Crippen molar-refractivity contribution in [2.45, 2.75) is 0 Å². The van der Waals surface area contributed by atoms with Gasteiger partial charge < -0.3 is 4.57 Å². The van der Waals surface area contributed by atoms with Gasteiger partial charge in [0.15, 0.2) is 7.14 Å². The Morgan fingerprint density at radius 1 is 0.382 bits per heavy atom. The van der Waals surface area contributed by atoms with Crippen molar-refractivity contribution >= 4 is 65.5 Å². The van der Waals surface area contributed by atoms with Crippen LogP contribution in [0.2, 0.25) is 0 Å². The van der Waals surface area contributed by atoms with E-state index in [1.807, 2.05) is 72.8 Å². The van der Waals surface area contributed by atoms with Gasteiger partial charge in [0.1, 0.15) is 0 Å². The molecule has 0 aliphatic carbocycles. The first-order valence-corrected chi connectivity index (χ1v) is 21.0. The lowest BCUT2D eigenvalue weighted by Gasteiger charge is -2.20. The molecule has 260 valence electrons. The summed E-state index contributed by atoms with van der Waals surface area (Å²) in [6.07, 6.45) is 0. The molecule has 2 nitrogen and oxygen atoms in total. The van der Waals surface area contributed by atoms with Gasteiger partial charge in [0.05, 0.1) is 15.9 Å². The van der Waals surface area contributed by atoms with Gasteiger partial charge in [-0.1, -0.05) is 176 Å². The standard InChI is InChI=1S/C51H34NOPS/c53-54(42-22-6-2-7-23-42,43-24-8-3-9-25-43)44-26-14-20-39(33-44)38-19-13-21-41(32-38)50-51-49(46-27-10-11-28-48(46)55-51)45-30-29-40(34-47(45)52-50)37-18-12-17-36(31-37)35-15-4-1-5-16-35/h1-34H. The molecule has 2 heterocycles. The van der Waals surface area contributed by atoms with Gasteiger partial charge in [0.2, 0.25) is 0 Å². The van der Waals surface area contributed by atoms with Crippen LogP contribution in [-0.4, -0.2) is 4.98 Å². The molecule has 0 N–H and O–H groups in total. The maximum Gasteiger partial charge on any atom is 0.171 e. The second-order valence-electron chi connectivity index (χ2n) is 13.9. The molecule has 10 aromatic rings. The number of aromatic nitrogens is 1. The lowest BCUT2D eigenvalue weighted by molar-refractivity contribution is 0.592. The van der Waals surface area contributed by atoms with Gasteiger partial charge in [-0.25, -0.2) is 4.98 Å². The highest BCUT2D eigenvalue weighted by molar-refractivity contribution is 7.85. The van der Waals surface area contributed by atoms with Crippen molar-refractivity contribution in [1.82, 2.24) is 4.98 Å². The Balaban J connectivity index is 1.12. The third-order valence-corrected chi connectivity index (χ3v) is 14.8. The van der Waals surface area contributed by atoms with Crippen molar-refractivity contribution in [3.8, 4) is 44.6 Å². The molecule has 0 radical (unpaired) electrons. The summed E-state index contributed by atoms with van der Waals surface area (Å²) in [6.45, 7) is 0. The fraction of sp³-hybridized carbons (Fsp3) is 0. The molecule has 55 heavy (non-hydrogen) atoms. The minimum atomic E-state index is -3.13. The Morgan fingerprint density at radius 2 is 0.873 bits per heavy atom. The smallest absolute Gasteiger partial charge is 0.171 e. The van der Waals surface area contributed by atoms with E-state index in [4.69, 9.17) is 4.98 Å². The SMILES string of the molecule is O=P(c1ccccc1)(c1ccccc1)c1cccc(-c2cccc(-c3nc4cc(-c5cccc(-c6ccccc6)c5)ccc4c4c3sc3ccccc34)c2)c1. The molecule has 0 atom stereocenters. The first-order chi connectivity index (χ1) is 27.1. The van der Waals surface area contributed by atoms with Crippen LogP contribution >= 0.6 is 18.5 Å². The first kappa shape index (κ1) is 33.2. The number of hydrogen-bond acceptors (Lipinski definition) is 3. The molecule has 0 spiro atoms. The number of nitrogens with zero attached hydrogens (tertiary/aromatic N) is 1. The maximum atomic E-state index is 15.3. The van der Waals surface area contributed by atoms with Crippen LogP contribution in [0.3, 0.4) is 0 Å². The van der Waals surface area contributed by atoms with E-state index < -0.39 is 7.14 Å². The van der Waals surface area contributed by atoms with E-state index in [1.54, 1.807) is 11.3 Å². The minimum absolute atomic E-state index is 0.812. The van der Waals surface area contributed by atoms with E-state index in [0.29, 0.717) is 0 Å². The minimum Gasteiger partial charge on any atom is -0.309 e. The molecule has 0 aliphatic rings. The highest BCUT2D eigenvalue weighted by Gasteiger charge is 2.30. The van der Waals surface area contributed by atoms with Crippen LogP contribution in [0.4, 0.5) is 0 Å². The Kier molecular flexibility index (Phi) is 8.33. The van der Waals surface area contributed by atoms with Crippen molar-refractivity contribution in [1.29, 1.82) is 0 Å². The van der Waals surface area contributed by atoms with E-state index in [2.05, 4.69) is 133 Å². The molecule has 4 heteroatoms. The van der Waals surface area contributed by atoms with E-state index in [0.717, 1.165) is 60.3 Å². The largest absolute Gasteiger partial charge is 0.309 e. The highest BCUT2D eigenvalue weighted by atomic mass is 32.1. The van der Waals surface area contributed by atoms with Crippen LogP contribution in [-0.2, 0) is 4.57 Å². The zero-order valence-electron chi connectivity index (χ0n) is 29.8. The van der Waals surface area contributed by atoms with Gasteiger partial charge in [-0.3, -0.25) is 0 Å². The molecule has 0 saturated heterocycles.